The Kier molecular flexibility index (Phi) is 7.11. The molecule has 42 heavy (non-hydrogen) atoms. The fourth-order valence-electron chi connectivity index (χ4n) is 6.57. The Morgan fingerprint density at radius 3 is 2.67 bits per heavy atom. The van der Waals surface area contributed by atoms with Crippen molar-refractivity contribution in [2.45, 2.75) is 57.3 Å². The van der Waals surface area contributed by atoms with Crippen LogP contribution in [0.2, 0.25) is 0 Å². The lowest BCUT2D eigenvalue weighted by molar-refractivity contribution is 0.0922. The van der Waals surface area contributed by atoms with Gasteiger partial charge in [0.2, 0.25) is 0 Å². The van der Waals surface area contributed by atoms with Gasteiger partial charge in [-0.3, -0.25) is 0 Å². The fraction of sp³-hybridized carbons (Fsp3) is 0.333. The fourth-order valence-corrected chi connectivity index (χ4v) is 6.57. The van der Waals surface area contributed by atoms with Crippen LogP contribution in [0.3, 0.4) is 0 Å². The highest BCUT2D eigenvalue weighted by molar-refractivity contribution is 5.91. The zero-order valence-electron chi connectivity index (χ0n) is 23.3. The summed E-state index contributed by atoms with van der Waals surface area (Å²) < 4.78 is 36.5. The lowest BCUT2D eigenvalue weighted by Gasteiger charge is -2.24. The van der Waals surface area contributed by atoms with Crippen LogP contribution in [0.5, 0.6) is 0 Å². The minimum Gasteiger partial charge on any atom is -0.445 e. The summed E-state index contributed by atoms with van der Waals surface area (Å²) in [6.07, 6.45) is 4.09. The van der Waals surface area contributed by atoms with Gasteiger partial charge in [0.25, 0.3) is 0 Å². The van der Waals surface area contributed by atoms with E-state index in [1.54, 1.807) is 12.1 Å². The number of halogens is 2. The highest BCUT2D eigenvalue weighted by Crippen LogP contribution is 2.36. The standard InChI is InChI=1S/C33H33F2N5O2/c34-22-10-12-26-27(18-25-9-5-15-39(25)33(41)42-20-21-6-2-1-3-7-21)31(37-28(26)16-22)32-38-29-17-23(35)11-13-30(29)40(32)19-24-8-4-14-36-24/h1-3,6-7,10-13,16-17,24-25,36-37H,4-5,8-9,14-15,18-20H2/t24-,25-/m0/s1. The number of fused-ring (bicyclic) bond motifs is 2. The summed E-state index contributed by atoms with van der Waals surface area (Å²) in [6.45, 7) is 2.49. The number of amides is 1. The van der Waals surface area contributed by atoms with Crippen molar-refractivity contribution in [3.8, 4) is 11.5 Å². The van der Waals surface area contributed by atoms with Crippen LogP contribution >= 0.6 is 0 Å². The summed E-state index contributed by atoms with van der Waals surface area (Å²) in [7, 11) is 0. The summed E-state index contributed by atoms with van der Waals surface area (Å²) in [4.78, 5) is 23.4. The maximum absolute atomic E-state index is 14.4. The van der Waals surface area contributed by atoms with Crippen molar-refractivity contribution < 1.29 is 18.3 Å². The largest absolute Gasteiger partial charge is 0.445 e. The molecule has 1 amide bonds. The van der Waals surface area contributed by atoms with Crippen molar-refractivity contribution >= 4 is 28.0 Å². The van der Waals surface area contributed by atoms with Gasteiger partial charge < -0.3 is 24.5 Å². The molecule has 9 heteroatoms. The average molecular weight is 570 g/mol. The first kappa shape index (κ1) is 26.6. The molecular formula is C33H33F2N5O2. The number of likely N-dealkylation sites (tertiary alicyclic amines) is 1. The number of ether oxygens (including phenoxy) is 1. The van der Waals surface area contributed by atoms with E-state index in [-0.39, 0.29) is 36.4 Å². The molecule has 216 valence electrons. The molecule has 0 radical (unpaired) electrons. The van der Waals surface area contributed by atoms with Crippen molar-refractivity contribution in [1.29, 1.82) is 0 Å². The normalized spacial score (nSPS) is 18.9. The summed E-state index contributed by atoms with van der Waals surface area (Å²) in [5.41, 5.74) is 4.77. The van der Waals surface area contributed by atoms with E-state index in [0.717, 1.165) is 60.0 Å². The Bertz CT molecular complexity index is 1740. The van der Waals surface area contributed by atoms with Gasteiger partial charge in [0.1, 0.15) is 18.2 Å². The molecule has 2 aliphatic heterocycles. The van der Waals surface area contributed by atoms with Gasteiger partial charge in [-0.1, -0.05) is 30.3 Å². The number of carbonyl (C=O) groups is 1. The number of imidazole rings is 1. The topological polar surface area (TPSA) is 75.2 Å². The van der Waals surface area contributed by atoms with E-state index >= 15 is 0 Å². The first-order valence-corrected chi connectivity index (χ1v) is 14.7. The van der Waals surface area contributed by atoms with Crippen LogP contribution in [0.25, 0.3) is 33.5 Å². The Balaban J connectivity index is 1.26. The number of H-pyrrole nitrogens is 1. The molecule has 5 aromatic rings. The van der Waals surface area contributed by atoms with Gasteiger partial charge in [-0.25, -0.2) is 18.6 Å². The Hall–Kier alpha value is -4.24. The highest BCUT2D eigenvalue weighted by atomic mass is 19.1. The van der Waals surface area contributed by atoms with Crippen LogP contribution in [0.1, 0.15) is 36.8 Å². The zero-order chi connectivity index (χ0) is 28.6. The molecule has 2 saturated heterocycles. The maximum Gasteiger partial charge on any atom is 0.410 e. The number of hydrogen-bond donors (Lipinski definition) is 2. The van der Waals surface area contributed by atoms with Gasteiger partial charge in [0.05, 0.1) is 16.7 Å². The average Bonchev–Trinajstić information content (AvgIpc) is 3.80. The lowest BCUT2D eigenvalue weighted by atomic mass is 10.00. The second-order valence-corrected chi connectivity index (χ2v) is 11.4. The number of benzene rings is 3. The quantitative estimate of drug-likeness (QED) is 0.233. The number of rotatable bonds is 7. The van der Waals surface area contributed by atoms with Crippen LogP contribution in [0.15, 0.2) is 66.7 Å². The van der Waals surface area contributed by atoms with E-state index in [0.29, 0.717) is 36.4 Å². The van der Waals surface area contributed by atoms with Crippen molar-refractivity contribution in [3.05, 3.63) is 89.5 Å². The minimum absolute atomic E-state index is 0.0807. The molecule has 2 atom stereocenters. The molecule has 3 aromatic carbocycles. The number of hydrogen-bond acceptors (Lipinski definition) is 4. The van der Waals surface area contributed by atoms with E-state index in [1.165, 1.54) is 24.3 Å². The van der Waals surface area contributed by atoms with Crippen molar-refractivity contribution in [1.82, 2.24) is 24.8 Å². The van der Waals surface area contributed by atoms with E-state index in [1.807, 2.05) is 35.2 Å². The smallest absolute Gasteiger partial charge is 0.410 e. The number of nitrogens with one attached hydrogen (secondary N) is 2. The lowest BCUT2D eigenvalue weighted by Crippen LogP contribution is -2.37. The third-order valence-electron chi connectivity index (χ3n) is 8.62. The molecule has 7 nitrogen and oxygen atoms in total. The number of carbonyl (C=O) groups excluding carboxylic acids is 1. The highest BCUT2D eigenvalue weighted by Gasteiger charge is 2.32. The van der Waals surface area contributed by atoms with E-state index in [9.17, 15) is 13.6 Å². The molecule has 2 aliphatic rings. The second kappa shape index (κ2) is 11.2. The first-order chi connectivity index (χ1) is 20.5. The van der Waals surface area contributed by atoms with Gasteiger partial charge in [-0.05, 0) is 80.1 Å². The first-order valence-electron chi connectivity index (χ1n) is 14.7. The van der Waals surface area contributed by atoms with Crippen LogP contribution in [0, 0.1) is 11.6 Å². The zero-order valence-corrected chi connectivity index (χ0v) is 23.3. The number of aromatic amines is 1. The SMILES string of the molecule is O=C(OCc1ccccc1)N1CCC[C@H]1Cc1c(-c2nc3cc(F)ccc3n2C[C@@H]2CCCN2)[nH]c2cc(F)ccc12. The third-order valence-corrected chi connectivity index (χ3v) is 8.62. The van der Waals surface area contributed by atoms with Gasteiger partial charge in [-0.2, -0.15) is 0 Å². The molecule has 7 rings (SSSR count). The van der Waals surface area contributed by atoms with Crippen LogP contribution in [-0.4, -0.2) is 50.7 Å². The molecule has 0 bridgehead atoms. The van der Waals surface area contributed by atoms with Gasteiger partial charge in [-0.15, -0.1) is 0 Å². The molecule has 2 fully saturated rings. The molecule has 0 spiro atoms. The predicted octanol–water partition coefficient (Wildman–Crippen LogP) is 6.56. The van der Waals surface area contributed by atoms with Gasteiger partial charge in [0, 0.05) is 42.1 Å². The monoisotopic (exact) mass is 569 g/mol. The summed E-state index contributed by atoms with van der Waals surface area (Å²) >= 11 is 0. The Labute approximate surface area is 242 Å². The maximum atomic E-state index is 14.4. The van der Waals surface area contributed by atoms with Gasteiger partial charge in [0.15, 0.2) is 5.82 Å². The van der Waals surface area contributed by atoms with Crippen molar-refractivity contribution in [3.63, 3.8) is 0 Å². The van der Waals surface area contributed by atoms with E-state index in [4.69, 9.17) is 9.72 Å². The summed E-state index contributed by atoms with van der Waals surface area (Å²) in [5, 5.41) is 4.45. The van der Waals surface area contributed by atoms with Crippen molar-refractivity contribution in [2.75, 3.05) is 13.1 Å². The Morgan fingerprint density at radius 1 is 1.00 bits per heavy atom. The molecule has 0 saturated carbocycles. The number of nitrogens with zero attached hydrogens (tertiary/aromatic N) is 3. The molecule has 4 heterocycles. The molecule has 2 N–H and O–H groups in total. The van der Waals surface area contributed by atoms with E-state index < -0.39 is 0 Å². The van der Waals surface area contributed by atoms with Crippen LogP contribution in [0.4, 0.5) is 13.6 Å². The molecule has 2 aromatic heterocycles. The second-order valence-electron chi connectivity index (χ2n) is 11.4. The van der Waals surface area contributed by atoms with E-state index in [2.05, 4.69) is 14.9 Å². The third kappa shape index (κ3) is 5.13. The Morgan fingerprint density at radius 2 is 1.83 bits per heavy atom. The van der Waals surface area contributed by atoms with Crippen molar-refractivity contribution in [2.24, 2.45) is 0 Å². The molecule has 0 unspecified atom stereocenters. The van der Waals surface area contributed by atoms with Crippen LogP contribution < -0.4 is 5.32 Å². The summed E-state index contributed by atoms with van der Waals surface area (Å²) in [5.74, 6) is 0.0129. The number of aromatic nitrogens is 3. The van der Waals surface area contributed by atoms with Gasteiger partial charge >= 0.3 is 6.09 Å². The summed E-state index contributed by atoms with van der Waals surface area (Å²) in [6, 6.07) is 19.3. The predicted molar refractivity (Wildman–Crippen MR) is 158 cm³/mol. The van der Waals surface area contributed by atoms with Crippen LogP contribution in [-0.2, 0) is 24.3 Å². The minimum atomic E-state index is -0.341. The molecular weight excluding hydrogens is 536 g/mol. The molecule has 0 aliphatic carbocycles.